The molecule has 164 valence electrons. The lowest BCUT2D eigenvalue weighted by atomic mass is 10.1. The van der Waals surface area contributed by atoms with Crippen molar-refractivity contribution in [2.75, 3.05) is 26.6 Å². The Morgan fingerprint density at radius 1 is 1.00 bits per heavy atom. The Morgan fingerprint density at radius 2 is 1.81 bits per heavy atom. The van der Waals surface area contributed by atoms with Gasteiger partial charge in [0.1, 0.15) is 11.2 Å². The summed E-state index contributed by atoms with van der Waals surface area (Å²) < 4.78 is 17.5. The summed E-state index contributed by atoms with van der Waals surface area (Å²) in [5.41, 5.74) is 2.62. The first-order chi connectivity index (χ1) is 15.5. The third-order valence-electron chi connectivity index (χ3n) is 5.07. The van der Waals surface area contributed by atoms with Gasteiger partial charge in [-0.05, 0) is 30.3 Å². The van der Waals surface area contributed by atoms with Crippen molar-refractivity contribution in [2.45, 2.75) is 6.54 Å². The number of hydrogen-bond donors (Lipinski definition) is 1. The van der Waals surface area contributed by atoms with Crippen molar-refractivity contribution < 1.29 is 14.2 Å². The Bertz CT molecular complexity index is 1340. The van der Waals surface area contributed by atoms with Gasteiger partial charge in [0, 0.05) is 30.9 Å². The quantitative estimate of drug-likeness (QED) is 0.475. The maximum Gasteiger partial charge on any atom is 0.264 e. The molecule has 3 aromatic heterocycles. The number of rotatable bonds is 7. The topological polar surface area (TPSA) is 100 Å². The average Bonchev–Trinajstić information content (AvgIpc) is 2.84. The van der Waals surface area contributed by atoms with Gasteiger partial charge in [-0.2, -0.15) is 0 Å². The van der Waals surface area contributed by atoms with Crippen LogP contribution in [0.1, 0.15) is 5.56 Å². The van der Waals surface area contributed by atoms with Crippen molar-refractivity contribution in [1.82, 2.24) is 19.5 Å². The fraction of sp³-hybridized carbons (Fsp3) is 0.217. The van der Waals surface area contributed by atoms with Gasteiger partial charge >= 0.3 is 0 Å². The van der Waals surface area contributed by atoms with Gasteiger partial charge < -0.3 is 24.1 Å². The van der Waals surface area contributed by atoms with E-state index in [2.05, 4.69) is 15.3 Å². The summed E-state index contributed by atoms with van der Waals surface area (Å²) in [7, 11) is 6.39. The first-order valence-electron chi connectivity index (χ1n) is 9.86. The van der Waals surface area contributed by atoms with Crippen LogP contribution >= 0.6 is 0 Å². The van der Waals surface area contributed by atoms with E-state index in [1.165, 1.54) is 10.9 Å². The Morgan fingerprint density at radius 3 is 2.56 bits per heavy atom. The molecule has 0 radical (unpaired) electrons. The van der Waals surface area contributed by atoms with E-state index < -0.39 is 0 Å². The smallest absolute Gasteiger partial charge is 0.264 e. The number of ether oxygens (including phenoxy) is 3. The van der Waals surface area contributed by atoms with Gasteiger partial charge in [0.15, 0.2) is 11.5 Å². The fourth-order valence-corrected chi connectivity index (χ4v) is 3.41. The Labute approximate surface area is 184 Å². The van der Waals surface area contributed by atoms with E-state index in [9.17, 15) is 4.79 Å². The minimum atomic E-state index is -0.193. The summed E-state index contributed by atoms with van der Waals surface area (Å²) in [6.45, 7) is 0.368. The van der Waals surface area contributed by atoms with E-state index in [1.807, 2.05) is 30.3 Å². The molecule has 1 aromatic carbocycles. The summed E-state index contributed by atoms with van der Waals surface area (Å²) in [4.78, 5) is 26.3. The number of benzene rings is 1. The molecule has 9 heteroatoms. The molecule has 0 saturated heterocycles. The fourth-order valence-electron chi connectivity index (χ4n) is 3.41. The van der Waals surface area contributed by atoms with Crippen LogP contribution in [0, 0.1) is 0 Å². The highest BCUT2D eigenvalue weighted by Crippen LogP contribution is 2.33. The van der Waals surface area contributed by atoms with Crippen LogP contribution in [0.25, 0.3) is 22.2 Å². The van der Waals surface area contributed by atoms with Crippen LogP contribution in [0.15, 0.2) is 53.7 Å². The zero-order valence-electron chi connectivity index (χ0n) is 18.2. The molecular weight excluding hydrogens is 410 g/mol. The average molecular weight is 433 g/mol. The number of hydrogen-bond acceptors (Lipinski definition) is 8. The second kappa shape index (κ2) is 8.93. The van der Waals surface area contributed by atoms with Crippen molar-refractivity contribution in [3.8, 4) is 28.6 Å². The van der Waals surface area contributed by atoms with Gasteiger partial charge in [-0.1, -0.05) is 6.07 Å². The van der Waals surface area contributed by atoms with Crippen molar-refractivity contribution in [3.63, 3.8) is 0 Å². The van der Waals surface area contributed by atoms with Crippen LogP contribution in [0.3, 0.4) is 0 Å². The number of anilines is 1. The molecular formula is C23H23N5O4. The highest BCUT2D eigenvalue weighted by molar-refractivity contribution is 5.91. The SMILES string of the molecule is COc1ccc(-c2cc3ncn(C)c(=O)c3c(NCc3cccnc3OC)n2)cc1OC. The molecule has 0 fully saturated rings. The van der Waals surface area contributed by atoms with Crippen LogP contribution in [-0.2, 0) is 13.6 Å². The normalized spacial score (nSPS) is 10.8. The van der Waals surface area contributed by atoms with Gasteiger partial charge in [-0.15, -0.1) is 0 Å². The molecule has 0 saturated carbocycles. The minimum absolute atomic E-state index is 0.193. The monoisotopic (exact) mass is 433 g/mol. The van der Waals surface area contributed by atoms with Gasteiger partial charge in [0.05, 0.1) is 38.9 Å². The molecule has 3 heterocycles. The number of pyridine rings is 2. The molecule has 9 nitrogen and oxygen atoms in total. The number of methoxy groups -OCH3 is 3. The molecule has 0 aliphatic carbocycles. The molecule has 4 aromatic rings. The van der Waals surface area contributed by atoms with Crippen LogP contribution in [0.5, 0.6) is 17.4 Å². The Kier molecular flexibility index (Phi) is 5.89. The first-order valence-corrected chi connectivity index (χ1v) is 9.86. The summed E-state index contributed by atoms with van der Waals surface area (Å²) in [5.74, 6) is 2.13. The molecule has 0 atom stereocenters. The number of nitrogens with one attached hydrogen (secondary N) is 1. The molecule has 0 aliphatic heterocycles. The second-order valence-corrected chi connectivity index (χ2v) is 7.01. The Hall–Kier alpha value is -4.14. The van der Waals surface area contributed by atoms with Crippen molar-refractivity contribution in [3.05, 3.63) is 64.8 Å². The maximum absolute atomic E-state index is 12.9. The van der Waals surface area contributed by atoms with E-state index in [4.69, 9.17) is 19.2 Å². The number of aryl methyl sites for hydroxylation is 1. The van der Waals surface area contributed by atoms with Crippen molar-refractivity contribution >= 4 is 16.7 Å². The maximum atomic E-state index is 12.9. The van der Waals surface area contributed by atoms with E-state index >= 15 is 0 Å². The predicted molar refractivity (Wildman–Crippen MR) is 121 cm³/mol. The summed E-state index contributed by atoms with van der Waals surface area (Å²) >= 11 is 0. The molecule has 32 heavy (non-hydrogen) atoms. The predicted octanol–water partition coefficient (Wildman–Crippen LogP) is 3.03. The minimum Gasteiger partial charge on any atom is -0.493 e. The molecule has 0 bridgehead atoms. The third-order valence-corrected chi connectivity index (χ3v) is 5.07. The van der Waals surface area contributed by atoms with E-state index in [0.717, 1.165) is 11.1 Å². The van der Waals surface area contributed by atoms with Crippen molar-refractivity contribution in [2.24, 2.45) is 7.05 Å². The molecule has 0 unspecified atom stereocenters. The van der Waals surface area contributed by atoms with E-state index in [-0.39, 0.29) is 5.56 Å². The van der Waals surface area contributed by atoms with Crippen LogP contribution in [-0.4, -0.2) is 40.8 Å². The zero-order chi connectivity index (χ0) is 22.7. The van der Waals surface area contributed by atoms with Gasteiger partial charge in [-0.3, -0.25) is 4.79 Å². The molecule has 0 spiro atoms. The largest absolute Gasteiger partial charge is 0.493 e. The number of nitrogens with zero attached hydrogens (tertiary/aromatic N) is 4. The van der Waals surface area contributed by atoms with Gasteiger partial charge in [-0.25, -0.2) is 15.0 Å². The van der Waals surface area contributed by atoms with E-state index in [1.54, 1.807) is 40.6 Å². The number of aromatic nitrogens is 4. The lowest BCUT2D eigenvalue weighted by Gasteiger charge is -2.14. The second-order valence-electron chi connectivity index (χ2n) is 7.01. The highest BCUT2D eigenvalue weighted by atomic mass is 16.5. The van der Waals surface area contributed by atoms with E-state index in [0.29, 0.717) is 46.3 Å². The van der Waals surface area contributed by atoms with Gasteiger partial charge in [0.2, 0.25) is 5.88 Å². The van der Waals surface area contributed by atoms with Crippen LogP contribution < -0.4 is 25.1 Å². The third kappa shape index (κ3) is 3.92. The first kappa shape index (κ1) is 21.1. The lowest BCUT2D eigenvalue weighted by Crippen LogP contribution is -2.19. The van der Waals surface area contributed by atoms with Gasteiger partial charge in [0.25, 0.3) is 5.56 Å². The molecule has 4 rings (SSSR count). The standard InChI is InChI=1S/C23H23N5O4/c1-28-13-26-17-11-16(14-7-8-18(30-2)19(10-14)31-3)27-21(20(17)23(28)29)25-12-15-6-5-9-24-22(15)32-4/h5-11,13H,12H2,1-4H3,(H,25,27). The summed E-state index contributed by atoms with van der Waals surface area (Å²) in [5, 5.41) is 3.67. The highest BCUT2D eigenvalue weighted by Gasteiger charge is 2.15. The van der Waals surface area contributed by atoms with Crippen LogP contribution in [0.4, 0.5) is 5.82 Å². The van der Waals surface area contributed by atoms with Crippen molar-refractivity contribution in [1.29, 1.82) is 0 Å². The summed E-state index contributed by atoms with van der Waals surface area (Å²) in [6, 6.07) is 11.0. The van der Waals surface area contributed by atoms with Crippen LogP contribution in [0.2, 0.25) is 0 Å². The molecule has 0 aliphatic rings. The zero-order valence-corrected chi connectivity index (χ0v) is 18.2. The lowest BCUT2D eigenvalue weighted by molar-refractivity contribution is 0.355. The summed E-state index contributed by atoms with van der Waals surface area (Å²) in [6.07, 6.45) is 3.16. The number of fused-ring (bicyclic) bond motifs is 1. The Balaban J connectivity index is 1.83. The molecule has 1 N–H and O–H groups in total. The molecule has 0 amide bonds.